The summed E-state index contributed by atoms with van der Waals surface area (Å²) in [6, 6.07) is 6.96. The lowest BCUT2D eigenvalue weighted by atomic mass is 9.99. The Morgan fingerprint density at radius 3 is 2.38 bits per heavy atom. The molecule has 0 bridgehead atoms. The minimum atomic E-state index is -4.03. The number of ether oxygens (including phenoxy) is 2. The molecule has 0 radical (unpaired) electrons. The summed E-state index contributed by atoms with van der Waals surface area (Å²) in [7, 11) is -2.47. The number of aromatic nitrogens is 1. The van der Waals surface area contributed by atoms with E-state index in [0.29, 0.717) is 42.2 Å². The van der Waals surface area contributed by atoms with Crippen molar-refractivity contribution in [1.82, 2.24) is 8.87 Å². The van der Waals surface area contributed by atoms with Crippen molar-refractivity contribution in [2.45, 2.75) is 52.0 Å². The van der Waals surface area contributed by atoms with E-state index >= 15 is 0 Å². The van der Waals surface area contributed by atoms with E-state index in [1.54, 1.807) is 56.7 Å². The molecule has 2 aromatic rings. The molecule has 1 saturated heterocycles. The predicted molar refractivity (Wildman–Crippen MR) is 129 cm³/mol. The van der Waals surface area contributed by atoms with Gasteiger partial charge in [-0.25, -0.2) is 13.2 Å². The first-order chi connectivity index (χ1) is 16.1. The van der Waals surface area contributed by atoms with Gasteiger partial charge in [0.05, 0.1) is 19.6 Å². The second-order valence-corrected chi connectivity index (χ2v) is 10.1. The third kappa shape index (κ3) is 4.97. The van der Waals surface area contributed by atoms with Crippen LogP contribution in [-0.4, -0.2) is 56.0 Å². The molecule has 9 nitrogen and oxygen atoms in total. The smallest absolute Gasteiger partial charge is 0.341 e. The number of amides is 1. The van der Waals surface area contributed by atoms with Gasteiger partial charge in [0.25, 0.3) is 0 Å². The molecule has 1 N–H and O–H groups in total. The highest BCUT2D eigenvalue weighted by atomic mass is 32.2. The number of piperidine rings is 1. The lowest BCUT2D eigenvalue weighted by Gasteiger charge is -2.31. The SMILES string of the molecule is CCOC(=O)c1c(S(=O)(=O)N2CCC[C@@H](C(=O)Nc3ccc(OC)cc3)C2)c(C)n(CC)c1C. The van der Waals surface area contributed by atoms with Crippen LogP contribution in [0, 0.1) is 19.8 Å². The van der Waals surface area contributed by atoms with Crippen LogP contribution in [0.15, 0.2) is 29.2 Å². The molecule has 1 aromatic heterocycles. The van der Waals surface area contributed by atoms with Gasteiger partial charge < -0.3 is 19.4 Å². The van der Waals surface area contributed by atoms with Crippen LogP contribution in [0.2, 0.25) is 0 Å². The highest BCUT2D eigenvalue weighted by Gasteiger charge is 2.39. The van der Waals surface area contributed by atoms with Gasteiger partial charge in [-0.05, 0) is 64.8 Å². The first-order valence-electron chi connectivity index (χ1n) is 11.5. The molecule has 1 atom stereocenters. The number of rotatable bonds is 8. The summed E-state index contributed by atoms with van der Waals surface area (Å²) in [5.41, 5.74) is 1.74. The topological polar surface area (TPSA) is 107 Å². The van der Waals surface area contributed by atoms with Crippen LogP contribution < -0.4 is 10.1 Å². The van der Waals surface area contributed by atoms with Crippen molar-refractivity contribution in [2.75, 3.05) is 32.1 Å². The number of carbonyl (C=O) groups excluding carboxylic acids is 2. The lowest BCUT2D eigenvalue weighted by Crippen LogP contribution is -2.44. The van der Waals surface area contributed by atoms with Gasteiger partial charge in [0.1, 0.15) is 16.2 Å². The Kier molecular flexibility index (Phi) is 8.04. The molecule has 1 aliphatic rings. The van der Waals surface area contributed by atoms with E-state index in [1.165, 1.54) is 4.31 Å². The zero-order valence-electron chi connectivity index (χ0n) is 20.4. The summed E-state index contributed by atoms with van der Waals surface area (Å²) in [4.78, 5) is 25.6. The molecule has 1 fully saturated rings. The van der Waals surface area contributed by atoms with E-state index in [4.69, 9.17) is 9.47 Å². The molecule has 2 heterocycles. The lowest BCUT2D eigenvalue weighted by molar-refractivity contribution is -0.120. The Balaban J connectivity index is 1.88. The number of methoxy groups -OCH3 is 1. The Morgan fingerprint density at radius 2 is 1.79 bits per heavy atom. The van der Waals surface area contributed by atoms with E-state index in [9.17, 15) is 18.0 Å². The number of hydrogen-bond donors (Lipinski definition) is 1. The molecule has 0 spiro atoms. The fourth-order valence-electron chi connectivity index (χ4n) is 4.51. The highest BCUT2D eigenvalue weighted by Crippen LogP contribution is 2.33. The van der Waals surface area contributed by atoms with E-state index in [-0.39, 0.29) is 36.1 Å². The maximum atomic E-state index is 13.8. The van der Waals surface area contributed by atoms with Gasteiger partial charge in [0.2, 0.25) is 15.9 Å². The monoisotopic (exact) mass is 491 g/mol. The number of benzene rings is 1. The number of sulfonamides is 1. The molecular formula is C24H33N3O6S. The Labute approximate surface area is 201 Å². The third-order valence-corrected chi connectivity index (χ3v) is 8.26. The number of nitrogens with one attached hydrogen (secondary N) is 1. The van der Waals surface area contributed by atoms with Gasteiger partial charge >= 0.3 is 5.97 Å². The molecule has 186 valence electrons. The normalized spacial score (nSPS) is 16.8. The fraction of sp³-hybridized carbons (Fsp3) is 0.500. The van der Waals surface area contributed by atoms with Gasteiger partial charge in [0, 0.05) is 36.7 Å². The predicted octanol–water partition coefficient (Wildman–Crippen LogP) is 3.35. The standard InChI is InChI=1S/C24H33N3O6S/c1-6-27-16(3)21(24(29)33-7-2)22(17(27)4)34(30,31)26-14-8-9-18(15-26)23(28)25-19-10-12-20(32-5)13-11-19/h10-13,18H,6-9,14-15H2,1-5H3,(H,25,28)/t18-/m1/s1. The molecule has 0 unspecified atom stereocenters. The van der Waals surface area contributed by atoms with E-state index in [0.717, 1.165) is 0 Å². The van der Waals surface area contributed by atoms with Gasteiger partial charge in [-0.15, -0.1) is 0 Å². The number of carbonyl (C=O) groups is 2. The number of esters is 1. The average Bonchev–Trinajstić information content (AvgIpc) is 3.09. The zero-order valence-corrected chi connectivity index (χ0v) is 21.2. The van der Waals surface area contributed by atoms with Crippen LogP contribution >= 0.6 is 0 Å². The van der Waals surface area contributed by atoms with Crippen molar-refractivity contribution >= 4 is 27.6 Å². The van der Waals surface area contributed by atoms with Gasteiger partial charge in [-0.3, -0.25) is 4.79 Å². The van der Waals surface area contributed by atoms with Crippen LogP contribution in [-0.2, 0) is 26.1 Å². The van der Waals surface area contributed by atoms with Gasteiger partial charge in [0.15, 0.2) is 0 Å². The van der Waals surface area contributed by atoms with Crippen molar-refractivity contribution < 1.29 is 27.5 Å². The highest BCUT2D eigenvalue weighted by molar-refractivity contribution is 7.89. The minimum absolute atomic E-state index is 0.0264. The van der Waals surface area contributed by atoms with Crippen LogP contribution in [0.1, 0.15) is 48.4 Å². The molecule has 1 aromatic carbocycles. The summed E-state index contributed by atoms with van der Waals surface area (Å²) in [5, 5.41) is 2.86. The first kappa shape index (κ1) is 25.8. The Morgan fingerprint density at radius 1 is 1.12 bits per heavy atom. The molecule has 1 aliphatic heterocycles. The fourth-order valence-corrected chi connectivity index (χ4v) is 6.49. The first-order valence-corrected chi connectivity index (χ1v) is 12.9. The van der Waals surface area contributed by atoms with Crippen LogP contribution in [0.25, 0.3) is 0 Å². The van der Waals surface area contributed by atoms with Crippen LogP contribution in [0.4, 0.5) is 5.69 Å². The van der Waals surface area contributed by atoms with E-state index < -0.39 is 21.9 Å². The average molecular weight is 492 g/mol. The summed E-state index contributed by atoms with van der Waals surface area (Å²) in [6.07, 6.45) is 1.12. The van der Waals surface area contributed by atoms with E-state index in [1.807, 2.05) is 6.92 Å². The summed E-state index contributed by atoms with van der Waals surface area (Å²) >= 11 is 0. The summed E-state index contributed by atoms with van der Waals surface area (Å²) in [5.74, 6) is -0.726. The maximum Gasteiger partial charge on any atom is 0.341 e. The molecule has 3 rings (SSSR count). The molecule has 0 aliphatic carbocycles. The second-order valence-electron chi connectivity index (χ2n) is 8.26. The molecule has 1 amide bonds. The quantitative estimate of drug-likeness (QED) is 0.568. The van der Waals surface area contributed by atoms with Crippen molar-refractivity contribution in [3.05, 3.63) is 41.2 Å². The minimum Gasteiger partial charge on any atom is -0.497 e. The zero-order chi connectivity index (χ0) is 25.0. The van der Waals surface area contributed by atoms with Crippen molar-refractivity contribution in [3.63, 3.8) is 0 Å². The molecule has 0 saturated carbocycles. The number of anilines is 1. The van der Waals surface area contributed by atoms with Crippen LogP contribution in [0.5, 0.6) is 5.75 Å². The summed E-state index contributed by atoms with van der Waals surface area (Å²) < 4.78 is 41.0. The molecule has 10 heteroatoms. The second kappa shape index (κ2) is 10.6. The van der Waals surface area contributed by atoms with Gasteiger partial charge in [-0.2, -0.15) is 4.31 Å². The number of hydrogen-bond acceptors (Lipinski definition) is 6. The van der Waals surface area contributed by atoms with Crippen molar-refractivity contribution in [1.29, 1.82) is 0 Å². The molecular weight excluding hydrogens is 458 g/mol. The van der Waals surface area contributed by atoms with Crippen LogP contribution in [0.3, 0.4) is 0 Å². The Bertz CT molecular complexity index is 1150. The third-order valence-electron chi connectivity index (χ3n) is 6.23. The van der Waals surface area contributed by atoms with Crippen molar-refractivity contribution in [3.8, 4) is 5.75 Å². The molecule has 34 heavy (non-hydrogen) atoms. The summed E-state index contributed by atoms with van der Waals surface area (Å²) in [6.45, 7) is 7.99. The maximum absolute atomic E-state index is 13.8. The van der Waals surface area contributed by atoms with E-state index in [2.05, 4.69) is 5.32 Å². The van der Waals surface area contributed by atoms with Crippen molar-refractivity contribution in [2.24, 2.45) is 5.92 Å². The van der Waals surface area contributed by atoms with Gasteiger partial charge in [-0.1, -0.05) is 0 Å². The Hall–Kier alpha value is -2.85. The largest absolute Gasteiger partial charge is 0.497 e. The number of nitrogens with zero attached hydrogens (tertiary/aromatic N) is 2.